The van der Waals surface area contributed by atoms with Gasteiger partial charge in [0.1, 0.15) is 5.82 Å². The van der Waals surface area contributed by atoms with Crippen molar-refractivity contribution in [2.24, 2.45) is 0 Å². The average Bonchev–Trinajstić information content (AvgIpc) is 2.88. The number of nitrogens with zero attached hydrogens (tertiary/aromatic N) is 2. The topological polar surface area (TPSA) is 34.9 Å². The highest BCUT2D eigenvalue weighted by atomic mass is 16.1. The van der Waals surface area contributed by atoms with Gasteiger partial charge in [-0.3, -0.25) is 4.79 Å². The number of hydrogen-bond donors (Lipinski definition) is 0. The summed E-state index contributed by atoms with van der Waals surface area (Å²) >= 11 is 0. The highest BCUT2D eigenvalue weighted by molar-refractivity contribution is 5.95. The van der Waals surface area contributed by atoms with Crippen LogP contribution in [0.25, 0.3) is 0 Å². The molecule has 0 saturated carbocycles. The van der Waals surface area contributed by atoms with Crippen molar-refractivity contribution >= 4 is 5.78 Å². The zero-order chi connectivity index (χ0) is 14.5. The molecule has 0 unspecified atom stereocenters. The number of rotatable bonds is 6. The van der Waals surface area contributed by atoms with Crippen molar-refractivity contribution in [1.82, 2.24) is 9.55 Å². The number of carbonyl (C=O) groups is 1. The predicted octanol–water partition coefficient (Wildman–Crippen LogP) is 3.84. The Balaban J connectivity index is 2.09. The third-order valence-corrected chi connectivity index (χ3v) is 3.39. The molecule has 106 valence electrons. The first kappa shape index (κ1) is 14.5. The minimum absolute atomic E-state index is 0.132. The number of benzene rings is 1. The van der Waals surface area contributed by atoms with Crippen LogP contribution in [0.3, 0.4) is 0 Å². The van der Waals surface area contributed by atoms with Crippen LogP contribution in [-0.2, 0) is 13.0 Å². The summed E-state index contributed by atoms with van der Waals surface area (Å²) in [5.74, 6) is 1.42. The second-order valence-electron chi connectivity index (χ2n) is 5.44. The normalized spacial score (nSPS) is 11.0. The van der Waals surface area contributed by atoms with Crippen LogP contribution in [0.4, 0.5) is 0 Å². The molecule has 0 saturated heterocycles. The Morgan fingerprint density at radius 2 is 1.95 bits per heavy atom. The predicted molar refractivity (Wildman–Crippen MR) is 81.1 cm³/mol. The summed E-state index contributed by atoms with van der Waals surface area (Å²) in [6.45, 7) is 6.69. The number of aromatic nitrogens is 2. The van der Waals surface area contributed by atoms with E-state index >= 15 is 0 Å². The first-order chi connectivity index (χ1) is 9.61. The first-order valence-corrected chi connectivity index (χ1v) is 7.25. The molecular formula is C17H22N2O. The van der Waals surface area contributed by atoms with E-state index in [4.69, 9.17) is 0 Å². The van der Waals surface area contributed by atoms with Crippen LogP contribution in [0.1, 0.15) is 54.9 Å². The Labute approximate surface area is 120 Å². The quantitative estimate of drug-likeness (QED) is 0.747. The lowest BCUT2D eigenvalue weighted by atomic mass is 10.1. The number of imidazole rings is 1. The second kappa shape index (κ2) is 6.51. The smallest absolute Gasteiger partial charge is 0.182 e. The van der Waals surface area contributed by atoms with E-state index in [0.717, 1.165) is 24.2 Å². The summed E-state index contributed by atoms with van der Waals surface area (Å²) in [7, 11) is 0. The van der Waals surface area contributed by atoms with Gasteiger partial charge in [0, 0.05) is 23.9 Å². The fourth-order valence-electron chi connectivity index (χ4n) is 2.35. The van der Waals surface area contributed by atoms with Gasteiger partial charge in [0.2, 0.25) is 0 Å². The lowest BCUT2D eigenvalue weighted by molar-refractivity contribution is 0.0971. The van der Waals surface area contributed by atoms with Gasteiger partial charge in [-0.05, 0) is 12.0 Å². The maximum Gasteiger partial charge on any atom is 0.182 e. The van der Waals surface area contributed by atoms with E-state index in [0.29, 0.717) is 12.5 Å². The Bertz CT molecular complexity index is 567. The van der Waals surface area contributed by atoms with Gasteiger partial charge in [-0.25, -0.2) is 4.98 Å². The van der Waals surface area contributed by atoms with Crippen molar-refractivity contribution in [1.29, 1.82) is 0 Å². The van der Waals surface area contributed by atoms with E-state index in [9.17, 15) is 4.79 Å². The summed E-state index contributed by atoms with van der Waals surface area (Å²) < 4.78 is 1.94. The van der Waals surface area contributed by atoms with Crippen LogP contribution < -0.4 is 0 Å². The van der Waals surface area contributed by atoms with Crippen LogP contribution in [-0.4, -0.2) is 15.3 Å². The molecule has 0 radical (unpaired) electrons. The molecule has 1 heterocycles. The zero-order valence-corrected chi connectivity index (χ0v) is 12.5. The van der Waals surface area contributed by atoms with Gasteiger partial charge in [-0.15, -0.1) is 0 Å². The minimum atomic E-state index is 0.132. The van der Waals surface area contributed by atoms with Crippen LogP contribution >= 0.6 is 0 Å². The summed E-state index contributed by atoms with van der Waals surface area (Å²) in [5.41, 5.74) is 2.06. The van der Waals surface area contributed by atoms with Crippen molar-refractivity contribution in [2.45, 2.75) is 46.1 Å². The van der Waals surface area contributed by atoms with Gasteiger partial charge in [0.15, 0.2) is 5.78 Å². The lowest BCUT2D eigenvalue weighted by Gasteiger charge is -2.10. The van der Waals surface area contributed by atoms with Crippen molar-refractivity contribution in [3.8, 4) is 0 Å². The zero-order valence-electron chi connectivity index (χ0n) is 12.5. The summed E-state index contributed by atoms with van der Waals surface area (Å²) in [6, 6.07) is 7.96. The van der Waals surface area contributed by atoms with Gasteiger partial charge in [0.25, 0.3) is 0 Å². The standard InChI is InChI=1S/C17H22N2O/c1-4-5-14-6-8-15(9-7-14)16(20)12-19-11-10-18-17(19)13(2)3/h6-11,13H,4-5,12H2,1-3H3. The van der Waals surface area contributed by atoms with E-state index in [1.165, 1.54) is 5.56 Å². The van der Waals surface area contributed by atoms with E-state index in [2.05, 4.69) is 25.8 Å². The molecule has 2 aromatic rings. The largest absolute Gasteiger partial charge is 0.327 e. The number of ketones is 1. The molecule has 0 atom stereocenters. The van der Waals surface area contributed by atoms with Crippen molar-refractivity contribution in [3.05, 3.63) is 53.6 Å². The Morgan fingerprint density at radius 1 is 1.25 bits per heavy atom. The molecule has 3 heteroatoms. The summed E-state index contributed by atoms with van der Waals surface area (Å²) in [5, 5.41) is 0. The fraction of sp³-hybridized carbons (Fsp3) is 0.412. The molecule has 2 rings (SSSR count). The maximum absolute atomic E-state index is 12.3. The number of Topliss-reactive ketones (excluding diaryl/α,β-unsaturated/α-hetero) is 1. The molecule has 20 heavy (non-hydrogen) atoms. The third kappa shape index (κ3) is 3.35. The molecule has 0 spiro atoms. The van der Waals surface area contributed by atoms with Crippen molar-refractivity contribution in [3.63, 3.8) is 0 Å². The SMILES string of the molecule is CCCc1ccc(C(=O)Cn2ccnc2C(C)C)cc1. The number of carbonyl (C=O) groups excluding carboxylic acids is 1. The van der Waals surface area contributed by atoms with Crippen molar-refractivity contribution in [2.75, 3.05) is 0 Å². The van der Waals surface area contributed by atoms with Crippen LogP contribution in [0.2, 0.25) is 0 Å². The fourth-order valence-corrected chi connectivity index (χ4v) is 2.35. The summed E-state index contributed by atoms with van der Waals surface area (Å²) in [6.07, 6.45) is 5.82. The molecular weight excluding hydrogens is 248 g/mol. The van der Waals surface area contributed by atoms with Crippen LogP contribution in [0.5, 0.6) is 0 Å². The Morgan fingerprint density at radius 3 is 2.55 bits per heavy atom. The molecule has 3 nitrogen and oxygen atoms in total. The molecule has 0 N–H and O–H groups in total. The van der Waals surface area contributed by atoms with E-state index in [1.807, 2.05) is 35.0 Å². The monoisotopic (exact) mass is 270 g/mol. The van der Waals surface area contributed by atoms with E-state index < -0.39 is 0 Å². The second-order valence-corrected chi connectivity index (χ2v) is 5.44. The van der Waals surface area contributed by atoms with Gasteiger partial charge in [-0.2, -0.15) is 0 Å². The maximum atomic E-state index is 12.3. The highest BCUT2D eigenvalue weighted by Crippen LogP contribution is 2.13. The number of hydrogen-bond acceptors (Lipinski definition) is 2. The third-order valence-electron chi connectivity index (χ3n) is 3.39. The molecule has 0 aliphatic rings. The first-order valence-electron chi connectivity index (χ1n) is 7.25. The molecule has 0 bridgehead atoms. The Hall–Kier alpha value is -1.90. The molecule has 1 aromatic heterocycles. The average molecular weight is 270 g/mol. The van der Waals surface area contributed by atoms with E-state index in [-0.39, 0.29) is 5.78 Å². The molecule has 0 fully saturated rings. The lowest BCUT2D eigenvalue weighted by Crippen LogP contribution is -2.13. The van der Waals surface area contributed by atoms with Crippen molar-refractivity contribution < 1.29 is 4.79 Å². The summed E-state index contributed by atoms with van der Waals surface area (Å²) in [4.78, 5) is 16.6. The molecule has 1 aromatic carbocycles. The minimum Gasteiger partial charge on any atom is -0.327 e. The van der Waals surface area contributed by atoms with Gasteiger partial charge in [0.05, 0.1) is 6.54 Å². The number of aryl methyl sites for hydroxylation is 1. The van der Waals surface area contributed by atoms with Gasteiger partial charge in [-0.1, -0.05) is 51.5 Å². The van der Waals surface area contributed by atoms with Gasteiger partial charge < -0.3 is 4.57 Å². The van der Waals surface area contributed by atoms with E-state index in [1.54, 1.807) is 6.20 Å². The molecule has 0 aliphatic carbocycles. The van der Waals surface area contributed by atoms with Crippen LogP contribution in [0, 0.1) is 0 Å². The Kier molecular flexibility index (Phi) is 4.72. The highest BCUT2D eigenvalue weighted by Gasteiger charge is 2.12. The van der Waals surface area contributed by atoms with Gasteiger partial charge >= 0.3 is 0 Å². The van der Waals surface area contributed by atoms with Crippen LogP contribution in [0.15, 0.2) is 36.7 Å². The molecule has 0 aliphatic heterocycles. The molecule has 0 amide bonds.